The van der Waals surface area contributed by atoms with Gasteiger partial charge in [-0.15, -0.1) is 0 Å². The van der Waals surface area contributed by atoms with Gasteiger partial charge in [-0.3, -0.25) is 4.98 Å². The molecule has 3 N–H and O–H groups in total. The number of nitrogens with two attached hydrogens (primary N) is 1. The van der Waals surface area contributed by atoms with Crippen LogP contribution in [0.4, 0.5) is 5.69 Å². The summed E-state index contributed by atoms with van der Waals surface area (Å²) in [5, 5.41) is 3.12. The van der Waals surface area contributed by atoms with Gasteiger partial charge in [-0.05, 0) is 53.4 Å². The van der Waals surface area contributed by atoms with Gasteiger partial charge >= 0.3 is 0 Å². The van der Waals surface area contributed by atoms with Crippen molar-refractivity contribution in [3.05, 3.63) is 84.2 Å². The fourth-order valence-electron chi connectivity index (χ4n) is 2.47. The van der Waals surface area contributed by atoms with Crippen molar-refractivity contribution in [3.63, 3.8) is 0 Å². The Labute approximate surface area is 142 Å². The molecule has 0 atom stereocenters. The summed E-state index contributed by atoms with van der Waals surface area (Å²) in [7, 11) is 0. The number of aliphatic imine (C=N–C) groups is 1. The SMILES string of the molecule is Cc1cccc(NC(N)=NCc2cccc(-c3cccnc3)c2)c1. The summed E-state index contributed by atoms with van der Waals surface area (Å²) in [6.45, 7) is 2.57. The summed E-state index contributed by atoms with van der Waals surface area (Å²) in [5.41, 5.74) is 11.4. The van der Waals surface area contributed by atoms with Gasteiger partial charge in [0.15, 0.2) is 5.96 Å². The molecule has 1 heterocycles. The highest BCUT2D eigenvalue weighted by atomic mass is 15.1. The third kappa shape index (κ3) is 4.20. The number of nitrogens with one attached hydrogen (secondary N) is 1. The second-order valence-electron chi connectivity index (χ2n) is 5.64. The van der Waals surface area contributed by atoms with Crippen LogP contribution in [0.3, 0.4) is 0 Å². The lowest BCUT2D eigenvalue weighted by Gasteiger charge is -2.07. The Hall–Kier alpha value is -3.14. The minimum Gasteiger partial charge on any atom is -0.370 e. The minimum absolute atomic E-state index is 0.410. The maximum atomic E-state index is 5.98. The first-order chi connectivity index (χ1) is 11.7. The number of guanidine groups is 1. The number of pyridine rings is 1. The Kier molecular flexibility index (Phi) is 4.87. The summed E-state index contributed by atoms with van der Waals surface area (Å²) >= 11 is 0. The fraction of sp³-hybridized carbons (Fsp3) is 0.100. The van der Waals surface area contributed by atoms with Crippen molar-refractivity contribution < 1.29 is 0 Å². The van der Waals surface area contributed by atoms with Crippen LogP contribution in [0.5, 0.6) is 0 Å². The van der Waals surface area contributed by atoms with Crippen molar-refractivity contribution in [3.8, 4) is 11.1 Å². The van der Waals surface area contributed by atoms with E-state index in [9.17, 15) is 0 Å². The molecule has 24 heavy (non-hydrogen) atoms. The Morgan fingerprint density at radius 3 is 2.67 bits per heavy atom. The van der Waals surface area contributed by atoms with Crippen LogP contribution < -0.4 is 11.1 Å². The molecule has 0 amide bonds. The highest BCUT2D eigenvalue weighted by Gasteiger charge is 2.00. The van der Waals surface area contributed by atoms with Crippen LogP contribution in [0, 0.1) is 6.92 Å². The van der Waals surface area contributed by atoms with Crippen LogP contribution in [0.15, 0.2) is 78.0 Å². The molecule has 0 fully saturated rings. The van der Waals surface area contributed by atoms with Gasteiger partial charge in [0.1, 0.15) is 0 Å². The summed E-state index contributed by atoms with van der Waals surface area (Å²) in [6, 6.07) is 20.3. The molecule has 0 radical (unpaired) electrons. The zero-order chi connectivity index (χ0) is 16.8. The number of hydrogen-bond acceptors (Lipinski definition) is 2. The molecule has 0 unspecified atom stereocenters. The van der Waals surface area contributed by atoms with Crippen LogP contribution in [0.2, 0.25) is 0 Å². The van der Waals surface area contributed by atoms with E-state index in [4.69, 9.17) is 5.73 Å². The average molecular weight is 316 g/mol. The third-order valence-electron chi connectivity index (χ3n) is 3.64. The molecule has 3 aromatic rings. The number of hydrogen-bond donors (Lipinski definition) is 2. The predicted octanol–water partition coefficient (Wildman–Crippen LogP) is 3.98. The monoisotopic (exact) mass is 316 g/mol. The first-order valence-corrected chi connectivity index (χ1v) is 7.84. The largest absolute Gasteiger partial charge is 0.370 e. The molecule has 0 saturated carbocycles. The molecule has 0 spiro atoms. The first-order valence-electron chi connectivity index (χ1n) is 7.84. The lowest BCUT2D eigenvalue weighted by Crippen LogP contribution is -2.22. The van der Waals surface area contributed by atoms with Gasteiger partial charge in [-0.2, -0.15) is 0 Å². The van der Waals surface area contributed by atoms with E-state index in [1.165, 1.54) is 5.56 Å². The van der Waals surface area contributed by atoms with Gasteiger partial charge < -0.3 is 11.1 Å². The predicted molar refractivity (Wildman–Crippen MR) is 99.8 cm³/mol. The second-order valence-corrected chi connectivity index (χ2v) is 5.64. The molecule has 0 saturated heterocycles. The van der Waals surface area contributed by atoms with Gasteiger partial charge in [0.05, 0.1) is 6.54 Å². The highest BCUT2D eigenvalue weighted by Crippen LogP contribution is 2.19. The fourth-order valence-corrected chi connectivity index (χ4v) is 2.47. The van der Waals surface area contributed by atoms with Crippen LogP contribution in [0.25, 0.3) is 11.1 Å². The van der Waals surface area contributed by atoms with Crippen molar-refractivity contribution in [1.29, 1.82) is 0 Å². The Balaban J connectivity index is 1.70. The van der Waals surface area contributed by atoms with Crippen molar-refractivity contribution in [2.24, 2.45) is 10.7 Å². The first kappa shape index (κ1) is 15.7. The maximum absolute atomic E-state index is 5.98. The molecule has 120 valence electrons. The zero-order valence-corrected chi connectivity index (χ0v) is 13.6. The maximum Gasteiger partial charge on any atom is 0.193 e. The molecule has 4 nitrogen and oxygen atoms in total. The van der Waals surface area contributed by atoms with Gasteiger partial charge in [0, 0.05) is 18.1 Å². The van der Waals surface area contributed by atoms with Gasteiger partial charge in [0.2, 0.25) is 0 Å². The van der Waals surface area contributed by atoms with Crippen LogP contribution in [0.1, 0.15) is 11.1 Å². The number of nitrogens with zero attached hydrogens (tertiary/aromatic N) is 2. The normalized spacial score (nSPS) is 11.3. The standard InChI is InChI=1S/C20H20N4/c1-15-5-2-9-19(11-15)24-20(21)23-13-16-6-3-7-17(12-16)18-8-4-10-22-14-18/h2-12,14H,13H2,1H3,(H3,21,23,24). The quantitative estimate of drug-likeness (QED) is 0.565. The van der Waals surface area contributed by atoms with Crippen molar-refractivity contribution >= 4 is 11.6 Å². The number of benzene rings is 2. The molecule has 4 heteroatoms. The molecule has 0 aliphatic rings. The molecule has 2 aromatic carbocycles. The van der Waals surface area contributed by atoms with Gasteiger partial charge in [-0.1, -0.05) is 36.4 Å². The Morgan fingerprint density at radius 2 is 1.88 bits per heavy atom. The number of aryl methyl sites for hydroxylation is 1. The Morgan fingerprint density at radius 1 is 1.04 bits per heavy atom. The number of aromatic nitrogens is 1. The molecule has 3 rings (SSSR count). The molecule has 0 aliphatic carbocycles. The lowest BCUT2D eigenvalue weighted by molar-refractivity contribution is 1.06. The molecular formula is C20H20N4. The van der Waals surface area contributed by atoms with E-state index in [1.54, 1.807) is 6.20 Å². The summed E-state index contributed by atoms with van der Waals surface area (Å²) in [5.74, 6) is 0.410. The van der Waals surface area contributed by atoms with E-state index in [-0.39, 0.29) is 0 Å². The van der Waals surface area contributed by atoms with E-state index in [2.05, 4.69) is 27.4 Å². The summed E-state index contributed by atoms with van der Waals surface area (Å²) in [4.78, 5) is 8.58. The van der Waals surface area contributed by atoms with Crippen LogP contribution >= 0.6 is 0 Å². The third-order valence-corrected chi connectivity index (χ3v) is 3.64. The number of anilines is 1. The smallest absolute Gasteiger partial charge is 0.193 e. The molecule has 0 aliphatic heterocycles. The minimum atomic E-state index is 0.410. The molecular weight excluding hydrogens is 296 g/mol. The second kappa shape index (κ2) is 7.42. The van der Waals surface area contributed by atoms with E-state index in [1.807, 2.05) is 61.7 Å². The highest BCUT2D eigenvalue weighted by molar-refractivity contribution is 5.92. The molecule has 0 bridgehead atoms. The van der Waals surface area contributed by atoms with E-state index >= 15 is 0 Å². The average Bonchev–Trinajstić information content (AvgIpc) is 2.61. The van der Waals surface area contributed by atoms with Crippen molar-refractivity contribution in [2.75, 3.05) is 5.32 Å². The number of rotatable bonds is 4. The summed E-state index contributed by atoms with van der Waals surface area (Å²) < 4.78 is 0. The topological polar surface area (TPSA) is 63.3 Å². The van der Waals surface area contributed by atoms with Gasteiger partial charge in [-0.25, -0.2) is 4.99 Å². The van der Waals surface area contributed by atoms with Gasteiger partial charge in [0.25, 0.3) is 0 Å². The Bertz CT molecular complexity index is 841. The van der Waals surface area contributed by atoms with Crippen LogP contribution in [-0.4, -0.2) is 10.9 Å². The molecule has 1 aromatic heterocycles. The van der Waals surface area contributed by atoms with E-state index in [0.717, 1.165) is 22.4 Å². The lowest BCUT2D eigenvalue weighted by atomic mass is 10.1. The van der Waals surface area contributed by atoms with Crippen molar-refractivity contribution in [1.82, 2.24) is 4.98 Å². The van der Waals surface area contributed by atoms with Crippen LogP contribution in [-0.2, 0) is 6.54 Å². The summed E-state index contributed by atoms with van der Waals surface area (Å²) in [6.07, 6.45) is 3.63. The zero-order valence-electron chi connectivity index (χ0n) is 13.6. The van der Waals surface area contributed by atoms with E-state index in [0.29, 0.717) is 12.5 Å². The van der Waals surface area contributed by atoms with E-state index < -0.39 is 0 Å². The van der Waals surface area contributed by atoms with Crippen molar-refractivity contribution in [2.45, 2.75) is 13.5 Å².